The van der Waals surface area contributed by atoms with Gasteiger partial charge < -0.3 is 4.42 Å². The molecule has 0 atom stereocenters. The smallest absolute Gasteiger partial charge is 0.160 e. The summed E-state index contributed by atoms with van der Waals surface area (Å²) in [7, 11) is 0. The van der Waals surface area contributed by atoms with E-state index >= 15 is 0 Å². The Balaban J connectivity index is 1.14. The van der Waals surface area contributed by atoms with Gasteiger partial charge in [-0.25, -0.2) is 9.97 Å². The highest BCUT2D eigenvalue weighted by molar-refractivity contribution is 5.83. The lowest BCUT2D eigenvalue weighted by Crippen LogP contribution is -2.17. The minimum atomic E-state index is 0.673. The Hall–Kier alpha value is -6.65. The first kappa shape index (κ1) is 30.7. The molecule has 3 aromatic heterocycles. The molecule has 0 N–H and O–H groups in total. The van der Waals surface area contributed by atoms with Crippen molar-refractivity contribution in [2.24, 2.45) is 0 Å². The van der Waals surface area contributed by atoms with E-state index in [9.17, 15) is 0 Å². The summed E-state index contributed by atoms with van der Waals surface area (Å²) >= 11 is 0. The van der Waals surface area contributed by atoms with Crippen LogP contribution in [0.2, 0.25) is 0 Å². The number of pyridine rings is 1. The maximum atomic E-state index is 6.06. The molecule has 0 saturated heterocycles. The zero-order valence-corrected chi connectivity index (χ0v) is 27.6. The van der Waals surface area contributed by atoms with Crippen molar-refractivity contribution in [3.05, 3.63) is 180 Å². The summed E-state index contributed by atoms with van der Waals surface area (Å²) in [5.41, 5.74) is 12.7. The van der Waals surface area contributed by atoms with Gasteiger partial charge in [-0.3, -0.25) is 4.98 Å². The Morgan fingerprint density at radius 3 is 1.84 bits per heavy atom. The number of nitrogens with zero attached hydrogens (tertiary/aromatic N) is 3. The lowest BCUT2D eigenvalue weighted by molar-refractivity contribution is 0.576. The molecule has 0 spiro atoms. The molecule has 8 aromatic rings. The second kappa shape index (κ2) is 13.5. The molecule has 4 nitrogen and oxygen atoms in total. The topological polar surface area (TPSA) is 51.8 Å². The normalized spacial score (nSPS) is 12.0. The third kappa shape index (κ3) is 6.18. The lowest BCUT2D eigenvalue weighted by atomic mass is 9.98. The standard InChI is InChI=1S/C46H33N3O/c1-31(19-28-43-32(2)39-16-9-10-18-44(39)50-43)45-40(17-11-29-47-45)35-22-26-38(27-23-35)46-48-41(36-14-7-4-8-15-36)30-42(49-46)37-24-20-34(21-25-37)33-12-5-3-6-13-33/h3-30H,2H2,1H3/b31-19+,43-28+. The van der Waals surface area contributed by atoms with E-state index in [4.69, 9.17) is 19.4 Å². The molecule has 0 unspecified atom stereocenters. The zero-order valence-electron chi connectivity index (χ0n) is 27.6. The van der Waals surface area contributed by atoms with Gasteiger partial charge in [0.05, 0.1) is 17.1 Å². The molecule has 3 heterocycles. The molecule has 0 aliphatic rings. The molecule has 4 heteroatoms. The highest BCUT2D eigenvalue weighted by Crippen LogP contribution is 2.32. The maximum Gasteiger partial charge on any atom is 0.160 e. The van der Waals surface area contributed by atoms with Crippen LogP contribution in [0.1, 0.15) is 12.6 Å². The Morgan fingerprint density at radius 1 is 0.580 bits per heavy atom. The molecular formula is C46H33N3O. The van der Waals surface area contributed by atoms with Crippen molar-refractivity contribution in [3.8, 4) is 56.2 Å². The average Bonchev–Trinajstić information content (AvgIpc) is 3.52. The average molecular weight is 644 g/mol. The second-order valence-electron chi connectivity index (χ2n) is 12.2. The molecule has 0 aliphatic heterocycles. The first-order valence-corrected chi connectivity index (χ1v) is 16.6. The predicted molar refractivity (Wildman–Crippen MR) is 206 cm³/mol. The summed E-state index contributed by atoms with van der Waals surface area (Å²) < 4.78 is 6.06. The fraction of sp³-hybridized carbons (Fsp3) is 0.0217. The summed E-state index contributed by atoms with van der Waals surface area (Å²) in [5, 5.41) is 1.90. The molecule has 0 amide bonds. The molecule has 0 saturated carbocycles. The molecule has 0 radical (unpaired) electrons. The molecular weight excluding hydrogens is 611 g/mol. The molecule has 0 fully saturated rings. The van der Waals surface area contributed by atoms with Crippen LogP contribution in [-0.4, -0.2) is 15.0 Å². The third-order valence-corrected chi connectivity index (χ3v) is 8.93. The van der Waals surface area contributed by atoms with Gasteiger partial charge in [0, 0.05) is 39.1 Å². The summed E-state index contributed by atoms with van der Waals surface area (Å²) in [5.74, 6) is 0.673. The summed E-state index contributed by atoms with van der Waals surface area (Å²) in [6.07, 6.45) is 5.85. The largest absolute Gasteiger partial charge is 0.456 e. The van der Waals surface area contributed by atoms with Crippen LogP contribution < -0.4 is 10.6 Å². The third-order valence-electron chi connectivity index (χ3n) is 8.93. The molecule has 0 aliphatic carbocycles. The Bertz CT molecular complexity index is 2590. The van der Waals surface area contributed by atoms with Crippen molar-refractivity contribution in [1.82, 2.24) is 15.0 Å². The lowest BCUT2D eigenvalue weighted by Gasteiger charge is -2.12. The van der Waals surface area contributed by atoms with Crippen LogP contribution in [0.5, 0.6) is 0 Å². The molecule has 238 valence electrons. The minimum absolute atomic E-state index is 0.673. The van der Waals surface area contributed by atoms with Crippen LogP contribution in [0.3, 0.4) is 0 Å². The van der Waals surface area contributed by atoms with Crippen LogP contribution in [0.15, 0.2) is 168 Å². The summed E-state index contributed by atoms with van der Waals surface area (Å²) in [4.78, 5) is 14.9. The van der Waals surface area contributed by atoms with Gasteiger partial charge in [-0.2, -0.15) is 0 Å². The number of benzene rings is 5. The van der Waals surface area contributed by atoms with Gasteiger partial charge in [0.1, 0.15) is 11.0 Å². The first-order valence-electron chi connectivity index (χ1n) is 16.6. The van der Waals surface area contributed by atoms with E-state index in [0.29, 0.717) is 5.82 Å². The minimum Gasteiger partial charge on any atom is -0.456 e. The molecule has 50 heavy (non-hydrogen) atoms. The van der Waals surface area contributed by atoms with Crippen molar-refractivity contribution in [2.75, 3.05) is 0 Å². The van der Waals surface area contributed by atoms with Crippen molar-refractivity contribution in [3.63, 3.8) is 0 Å². The van der Waals surface area contributed by atoms with Gasteiger partial charge in [0.2, 0.25) is 0 Å². The Kier molecular flexibility index (Phi) is 8.26. The second-order valence-corrected chi connectivity index (χ2v) is 12.2. The van der Waals surface area contributed by atoms with E-state index in [1.165, 1.54) is 11.1 Å². The van der Waals surface area contributed by atoms with Gasteiger partial charge in [-0.1, -0.05) is 146 Å². The Labute approximate surface area is 291 Å². The molecule has 5 aromatic carbocycles. The number of para-hydroxylation sites is 1. The number of furan rings is 1. The van der Waals surface area contributed by atoms with Crippen LogP contribution in [0.4, 0.5) is 0 Å². The maximum absolute atomic E-state index is 6.06. The number of allylic oxidation sites excluding steroid dienone is 2. The predicted octanol–water partition coefficient (Wildman–Crippen LogP) is 10.2. The fourth-order valence-corrected chi connectivity index (χ4v) is 6.23. The first-order chi connectivity index (χ1) is 24.6. The van der Waals surface area contributed by atoms with E-state index in [0.717, 1.165) is 72.1 Å². The van der Waals surface area contributed by atoms with Crippen molar-refractivity contribution in [2.45, 2.75) is 6.92 Å². The SMILES string of the molecule is C=c1/c(=C\C=C(/C)c2ncccc2-c2ccc(-c3nc(-c4ccccc4)cc(-c4ccc(-c5ccccc5)cc4)n3)cc2)oc2ccccc12. The van der Waals surface area contributed by atoms with Gasteiger partial charge in [-0.15, -0.1) is 0 Å². The van der Waals surface area contributed by atoms with Gasteiger partial charge in [0.15, 0.2) is 5.82 Å². The van der Waals surface area contributed by atoms with Crippen molar-refractivity contribution < 1.29 is 4.42 Å². The van der Waals surface area contributed by atoms with E-state index in [1.807, 2.05) is 72.9 Å². The van der Waals surface area contributed by atoms with Crippen LogP contribution in [-0.2, 0) is 0 Å². The molecule has 8 rings (SSSR count). The number of rotatable bonds is 7. The zero-order chi connectivity index (χ0) is 33.9. The number of fused-ring (bicyclic) bond motifs is 1. The van der Waals surface area contributed by atoms with E-state index < -0.39 is 0 Å². The monoisotopic (exact) mass is 643 g/mol. The highest BCUT2D eigenvalue weighted by atomic mass is 16.3. The van der Waals surface area contributed by atoms with Gasteiger partial charge >= 0.3 is 0 Å². The Morgan fingerprint density at radius 2 is 1.14 bits per heavy atom. The summed E-state index contributed by atoms with van der Waals surface area (Å²) in [6, 6.07) is 51.8. The van der Waals surface area contributed by atoms with Gasteiger partial charge in [0.25, 0.3) is 0 Å². The number of hydrogen-bond acceptors (Lipinski definition) is 4. The highest BCUT2D eigenvalue weighted by Gasteiger charge is 2.13. The van der Waals surface area contributed by atoms with E-state index in [1.54, 1.807) is 0 Å². The quantitative estimate of drug-likeness (QED) is 0.173. The van der Waals surface area contributed by atoms with Crippen LogP contribution in [0, 0.1) is 0 Å². The van der Waals surface area contributed by atoms with Crippen LogP contribution in [0.25, 0.3) is 85.4 Å². The fourth-order valence-electron chi connectivity index (χ4n) is 6.23. The van der Waals surface area contributed by atoms with Gasteiger partial charge in [-0.05, 0) is 53.5 Å². The van der Waals surface area contributed by atoms with Crippen LogP contribution >= 0.6 is 0 Å². The van der Waals surface area contributed by atoms with Crippen molar-refractivity contribution in [1.29, 1.82) is 0 Å². The number of aromatic nitrogens is 3. The van der Waals surface area contributed by atoms with E-state index in [2.05, 4.69) is 111 Å². The molecule has 0 bridgehead atoms. The van der Waals surface area contributed by atoms with E-state index in [-0.39, 0.29) is 0 Å². The van der Waals surface area contributed by atoms with Crippen molar-refractivity contribution >= 4 is 29.2 Å². The number of hydrogen-bond donors (Lipinski definition) is 0. The summed E-state index contributed by atoms with van der Waals surface area (Å²) in [6.45, 7) is 6.31.